The number of para-hydroxylation sites is 1. The van der Waals surface area contributed by atoms with Gasteiger partial charge in [-0.05, 0) is 61.4 Å². The maximum Gasteiger partial charge on any atom is 0.300 e. The number of nitrogens with zero attached hydrogens (tertiary/aromatic N) is 1. The van der Waals surface area contributed by atoms with Gasteiger partial charge < -0.3 is 9.84 Å². The maximum absolute atomic E-state index is 13.7. The van der Waals surface area contributed by atoms with E-state index in [0.717, 1.165) is 5.56 Å². The lowest BCUT2D eigenvalue weighted by molar-refractivity contribution is -0.132. The molecule has 1 amide bonds. The second-order valence-corrected chi connectivity index (χ2v) is 7.99. The van der Waals surface area contributed by atoms with Crippen LogP contribution in [-0.2, 0) is 9.59 Å². The van der Waals surface area contributed by atoms with Gasteiger partial charge in [-0.2, -0.15) is 0 Å². The summed E-state index contributed by atoms with van der Waals surface area (Å²) in [6, 6.07) is 16.3. The van der Waals surface area contributed by atoms with E-state index >= 15 is 0 Å². The van der Waals surface area contributed by atoms with Gasteiger partial charge in [0.2, 0.25) is 0 Å². The Hall–Kier alpha value is -3.64. The molecule has 0 saturated carbocycles. The van der Waals surface area contributed by atoms with Crippen LogP contribution in [0.15, 0.2) is 72.3 Å². The van der Waals surface area contributed by atoms with E-state index in [1.807, 2.05) is 19.1 Å². The van der Waals surface area contributed by atoms with Crippen molar-refractivity contribution in [3.05, 3.63) is 99.8 Å². The molecule has 1 aliphatic rings. The molecule has 3 aromatic rings. The van der Waals surface area contributed by atoms with Crippen LogP contribution in [0.4, 0.5) is 10.1 Å². The van der Waals surface area contributed by atoms with Crippen molar-refractivity contribution in [1.29, 1.82) is 0 Å². The molecule has 0 bridgehead atoms. The molecule has 1 heterocycles. The van der Waals surface area contributed by atoms with E-state index in [2.05, 4.69) is 0 Å². The third-order valence-electron chi connectivity index (χ3n) is 5.51. The lowest BCUT2D eigenvalue weighted by Crippen LogP contribution is -2.30. The number of aliphatic hydroxyl groups is 1. The number of ether oxygens (including phenoxy) is 1. The molecule has 0 aliphatic carbocycles. The summed E-state index contributed by atoms with van der Waals surface area (Å²) in [4.78, 5) is 27.7. The van der Waals surface area contributed by atoms with E-state index in [9.17, 15) is 19.1 Å². The maximum atomic E-state index is 13.7. The van der Waals surface area contributed by atoms with E-state index in [1.165, 1.54) is 35.2 Å². The molecule has 7 heteroatoms. The molecule has 3 aromatic carbocycles. The number of aliphatic hydroxyl groups excluding tert-OH is 1. The average molecular weight is 466 g/mol. The van der Waals surface area contributed by atoms with Crippen LogP contribution in [0.3, 0.4) is 0 Å². The molecule has 5 nitrogen and oxygen atoms in total. The minimum Gasteiger partial charge on any atom is -0.507 e. The van der Waals surface area contributed by atoms with Gasteiger partial charge in [0.25, 0.3) is 11.7 Å². The van der Waals surface area contributed by atoms with Gasteiger partial charge in [-0.1, -0.05) is 41.9 Å². The Kier molecular flexibility index (Phi) is 6.20. The van der Waals surface area contributed by atoms with Gasteiger partial charge in [-0.15, -0.1) is 0 Å². The number of carbonyl (C=O) groups excluding carboxylic acids is 2. The predicted octanol–water partition coefficient (Wildman–Crippen LogP) is 5.81. The number of carbonyl (C=O) groups is 2. The second-order valence-electron chi connectivity index (χ2n) is 7.59. The Balaban J connectivity index is 1.95. The Morgan fingerprint density at radius 2 is 1.79 bits per heavy atom. The molecule has 0 aromatic heterocycles. The van der Waals surface area contributed by atoms with Crippen molar-refractivity contribution < 1.29 is 23.8 Å². The van der Waals surface area contributed by atoms with Crippen LogP contribution in [0.1, 0.15) is 29.7 Å². The van der Waals surface area contributed by atoms with E-state index in [4.69, 9.17) is 16.3 Å². The lowest BCUT2D eigenvalue weighted by atomic mass is 9.95. The molecule has 1 unspecified atom stereocenters. The first kappa shape index (κ1) is 22.6. The van der Waals surface area contributed by atoms with Gasteiger partial charge in [0.15, 0.2) is 0 Å². The molecule has 33 heavy (non-hydrogen) atoms. The number of anilines is 1. The first-order chi connectivity index (χ1) is 15.8. The lowest BCUT2D eigenvalue weighted by Gasteiger charge is -2.26. The van der Waals surface area contributed by atoms with E-state index in [-0.39, 0.29) is 16.9 Å². The smallest absolute Gasteiger partial charge is 0.300 e. The molecule has 1 fully saturated rings. The highest BCUT2D eigenvalue weighted by Crippen LogP contribution is 2.43. The third-order valence-corrected chi connectivity index (χ3v) is 5.82. The van der Waals surface area contributed by atoms with Crippen LogP contribution in [0.5, 0.6) is 5.75 Å². The first-order valence-electron chi connectivity index (χ1n) is 10.4. The van der Waals surface area contributed by atoms with Crippen molar-refractivity contribution in [2.45, 2.75) is 19.9 Å². The number of ketones is 1. The van der Waals surface area contributed by atoms with Gasteiger partial charge in [0, 0.05) is 11.3 Å². The second kappa shape index (κ2) is 9.08. The summed E-state index contributed by atoms with van der Waals surface area (Å²) in [6.07, 6.45) is 0. The van der Waals surface area contributed by atoms with Gasteiger partial charge in [0.05, 0.1) is 23.2 Å². The largest absolute Gasteiger partial charge is 0.507 e. The minimum absolute atomic E-state index is 0.0976. The van der Waals surface area contributed by atoms with Gasteiger partial charge >= 0.3 is 0 Å². The fourth-order valence-electron chi connectivity index (χ4n) is 3.95. The molecule has 1 N–H and O–H groups in total. The third kappa shape index (κ3) is 4.10. The van der Waals surface area contributed by atoms with Crippen LogP contribution in [0, 0.1) is 12.7 Å². The summed E-state index contributed by atoms with van der Waals surface area (Å²) < 4.78 is 19.2. The summed E-state index contributed by atoms with van der Waals surface area (Å²) in [7, 11) is 0. The van der Waals surface area contributed by atoms with Crippen LogP contribution in [0.25, 0.3) is 5.76 Å². The SMILES string of the molecule is CCOc1cc(/C(O)=C2/C(=O)C(=O)N(c3ccccc3C)C2c2ccc(F)cc2)ccc1Cl. The van der Waals surface area contributed by atoms with Crippen molar-refractivity contribution in [1.82, 2.24) is 0 Å². The van der Waals surface area contributed by atoms with Crippen molar-refractivity contribution in [3.8, 4) is 5.75 Å². The standard InChI is InChI=1S/C26H21ClFNO4/c1-3-33-21-14-17(10-13-19(21)27)24(30)22-23(16-8-11-18(28)12-9-16)29(26(32)25(22)31)20-7-5-4-6-15(20)2/h4-14,23,30H,3H2,1-2H3/b24-22-. The van der Waals surface area contributed by atoms with Crippen LogP contribution in [-0.4, -0.2) is 23.4 Å². The van der Waals surface area contributed by atoms with Crippen molar-refractivity contribution in [2.75, 3.05) is 11.5 Å². The van der Waals surface area contributed by atoms with Gasteiger partial charge in [-0.25, -0.2) is 4.39 Å². The first-order valence-corrected chi connectivity index (χ1v) is 10.8. The highest BCUT2D eigenvalue weighted by Gasteiger charge is 2.47. The van der Waals surface area contributed by atoms with Gasteiger partial charge in [0.1, 0.15) is 17.3 Å². The number of hydrogen-bond donors (Lipinski definition) is 1. The predicted molar refractivity (Wildman–Crippen MR) is 125 cm³/mol. The highest BCUT2D eigenvalue weighted by molar-refractivity contribution is 6.51. The van der Waals surface area contributed by atoms with E-state index in [0.29, 0.717) is 28.6 Å². The zero-order valence-corrected chi connectivity index (χ0v) is 18.8. The molecular weight excluding hydrogens is 445 g/mol. The quantitative estimate of drug-likeness (QED) is 0.293. The van der Waals surface area contributed by atoms with Crippen molar-refractivity contribution in [3.63, 3.8) is 0 Å². The average Bonchev–Trinajstić information content (AvgIpc) is 3.06. The zero-order valence-electron chi connectivity index (χ0n) is 18.0. The van der Waals surface area contributed by atoms with E-state index < -0.39 is 23.5 Å². The Morgan fingerprint density at radius 1 is 1.09 bits per heavy atom. The fourth-order valence-corrected chi connectivity index (χ4v) is 4.12. The Bertz CT molecular complexity index is 1270. The number of rotatable bonds is 5. The number of hydrogen-bond acceptors (Lipinski definition) is 4. The number of aryl methyl sites for hydroxylation is 1. The van der Waals surface area contributed by atoms with Crippen LogP contribution in [0.2, 0.25) is 5.02 Å². The summed E-state index contributed by atoms with van der Waals surface area (Å²) in [6.45, 7) is 3.98. The normalized spacial score (nSPS) is 17.5. The summed E-state index contributed by atoms with van der Waals surface area (Å²) in [5.74, 6) is -2.09. The number of amides is 1. The fraction of sp³-hybridized carbons (Fsp3) is 0.154. The molecule has 1 atom stereocenters. The molecule has 168 valence electrons. The summed E-state index contributed by atoms with van der Waals surface area (Å²) >= 11 is 6.16. The van der Waals surface area contributed by atoms with Crippen LogP contribution >= 0.6 is 11.6 Å². The Morgan fingerprint density at radius 3 is 2.45 bits per heavy atom. The zero-order chi connectivity index (χ0) is 23.7. The van der Waals surface area contributed by atoms with E-state index in [1.54, 1.807) is 31.2 Å². The molecule has 1 aliphatic heterocycles. The molecule has 1 saturated heterocycles. The number of benzene rings is 3. The summed E-state index contributed by atoms with van der Waals surface area (Å²) in [5.41, 5.74) is 1.97. The molecule has 4 rings (SSSR count). The Labute approximate surface area is 195 Å². The minimum atomic E-state index is -0.946. The molecular formula is C26H21ClFNO4. The van der Waals surface area contributed by atoms with Crippen LogP contribution < -0.4 is 9.64 Å². The van der Waals surface area contributed by atoms with Gasteiger partial charge in [-0.3, -0.25) is 14.5 Å². The molecule has 0 spiro atoms. The van der Waals surface area contributed by atoms with Crippen molar-refractivity contribution in [2.24, 2.45) is 0 Å². The molecule has 0 radical (unpaired) electrons. The summed E-state index contributed by atoms with van der Waals surface area (Å²) in [5, 5.41) is 11.6. The monoisotopic (exact) mass is 465 g/mol. The number of Topliss-reactive ketones (excluding diaryl/α,β-unsaturated/α-hetero) is 1. The topological polar surface area (TPSA) is 66.8 Å². The van der Waals surface area contributed by atoms with Crippen molar-refractivity contribution >= 4 is 34.7 Å². The number of halogens is 2. The highest BCUT2D eigenvalue weighted by atomic mass is 35.5.